The van der Waals surface area contributed by atoms with Gasteiger partial charge in [0.1, 0.15) is 5.52 Å². The fraction of sp³-hybridized carbons (Fsp3) is 0.417. The van der Waals surface area contributed by atoms with Gasteiger partial charge in [-0.2, -0.15) is 0 Å². The predicted molar refractivity (Wildman–Crippen MR) is 61.8 cm³/mol. The number of nitrogens with zero attached hydrogens (tertiary/aromatic N) is 1. The van der Waals surface area contributed by atoms with Crippen LogP contribution in [-0.4, -0.2) is 10.5 Å². The second-order valence-corrected chi connectivity index (χ2v) is 4.67. The largest absolute Gasteiger partial charge is 0.441 e. The number of benzene rings is 1. The molecule has 4 N–H and O–H groups in total. The van der Waals surface area contributed by atoms with Crippen LogP contribution in [0.5, 0.6) is 0 Å². The molecule has 1 aromatic carbocycles. The number of hydrogen-bond donors (Lipinski definition) is 2. The Kier molecular flexibility index (Phi) is 1.87. The average Bonchev–Trinajstić information content (AvgIpc) is 2.89. The summed E-state index contributed by atoms with van der Waals surface area (Å²) in [6.07, 6.45) is 2.01. The van der Waals surface area contributed by atoms with Gasteiger partial charge in [-0.1, -0.05) is 6.07 Å². The van der Waals surface area contributed by atoms with Crippen molar-refractivity contribution in [2.45, 2.75) is 31.3 Å². The molecule has 4 nitrogen and oxygen atoms in total. The van der Waals surface area contributed by atoms with E-state index < -0.39 is 0 Å². The van der Waals surface area contributed by atoms with Crippen molar-refractivity contribution < 1.29 is 4.42 Å². The predicted octanol–water partition coefficient (Wildman–Crippen LogP) is 1.63. The van der Waals surface area contributed by atoms with Gasteiger partial charge in [0.15, 0.2) is 11.5 Å². The van der Waals surface area contributed by atoms with Gasteiger partial charge in [0, 0.05) is 18.5 Å². The minimum absolute atomic E-state index is 0.103. The highest BCUT2D eigenvalue weighted by atomic mass is 16.3. The van der Waals surface area contributed by atoms with Crippen LogP contribution in [0.15, 0.2) is 22.6 Å². The Hall–Kier alpha value is -1.39. The first-order valence-electron chi connectivity index (χ1n) is 5.50. The van der Waals surface area contributed by atoms with Crippen LogP contribution in [-0.2, 0) is 0 Å². The standard InChI is InChI=1S/C12H15N3O/c1-7-15-9-6-8(2-3-10(9)16-7)11(13)12(14)4-5-12/h2-3,6,11H,4-5,13-14H2,1H3. The fourth-order valence-electron chi connectivity index (χ4n) is 2.04. The summed E-state index contributed by atoms with van der Waals surface area (Å²) >= 11 is 0. The highest BCUT2D eigenvalue weighted by Crippen LogP contribution is 2.42. The number of aromatic nitrogens is 1. The summed E-state index contributed by atoms with van der Waals surface area (Å²) in [5.74, 6) is 0.676. The van der Waals surface area contributed by atoms with Crippen LogP contribution in [0.2, 0.25) is 0 Å². The summed E-state index contributed by atoms with van der Waals surface area (Å²) in [6, 6.07) is 5.76. The Morgan fingerprint density at radius 2 is 2.19 bits per heavy atom. The van der Waals surface area contributed by atoms with Crippen LogP contribution in [0.4, 0.5) is 0 Å². The van der Waals surface area contributed by atoms with E-state index in [4.69, 9.17) is 15.9 Å². The van der Waals surface area contributed by atoms with Crippen LogP contribution >= 0.6 is 0 Å². The first-order valence-corrected chi connectivity index (χ1v) is 5.50. The number of oxazole rings is 1. The summed E-state index contributed by atoms with van der Waals surface area (Å²) in [7, 11) is 0. The van der Waals surface area contributed by atoms with Crippen LogP contribution in [0.3, 0.4) is 0 Å². The highest BCUT2D eigenvalue weighted by molar-refractivity contribution is 5.73. The smallest absolute Gasteiger partial charge is 0.192 e. The van der Waals surface area contributed by atoms with E-state index in [1.807, 2.05) is 25.1 Å². The molecule has 0 saturated heterocycles. The molecular formula is C12H15N3O. The lowest BCUT2D eigenvalue weighted by molar-refractivity contribution is 0.536. The molecule has 1 unspecified atom stereocenters. The van der Waals surface area contributed by atoms with Crippen molar-refractivity contribution in [1.29, 1.82) is 0 Å². The average molecular weight is 217 g/mol. The second kappa shape index (κ2) is 3.06. The number of hydrogen-bond acceptors (Lipinski definition) is 4. The van der Waals surface area contributed by atoms with Gasteiger partial charge in [0.25, 0.3) is 0 Å². The van der Waals surface area contributed by atoms with Crippen LogP contribution in [0, 0.1) is 6.92 Å². The third-order valence-corrected chi connectivity index (χ3v) is 3.32. The minimum Gasteiger partial charge on any atom is -0.441 e. The number of fused-ring (bicyclic) bond motifs is 1. The molecule has 84 valence electrons. The molecule has 0 spiro atoms. The quantitative estimate of drug-likeness (QED) is 0.801. The first kappa shape index (κ1) is 9.81. The van der Waals surface area contributed by atoms with Gasteiger partial charge in [-0.15, -0.1) is 0 Å². The van der Waals surface area contributed by atoms with E-state index in [2.05, 4.69) is 4.98 Å². The Labute approximate surface area is 93.6 Å². The van der Waals surface area contributed by atoms with E-state index in [1.165, 1.54) is 0 Å². The lowest BCUT2D eigenvalue weighted by atomic mass is 9.99. The molecule has 1 atom stereocenters. The molecule has 1 aromatic heterocycles. The lowest BCUT2D eigenvalue weighted by Crippen LogP contribution is -2.36. The first-order chi connectivity index (χ1) is 7.58. The zero-order valence-electron chi connectivity index (χ0n) is 9.23. The summed E-state index contributed by atoms with van der Waals surface area (Å²) in [5.41, 5.74) is 14.7. The van der Waals surface area contributed by atoms with Crippen molar-refractivity contribution in [3.05, 3.63) is 29.7 Å². The molecule has 3 rings (SSSR count). The monoisotopic (exact) mass is 217 g/mol. The van der Waals surface area contributed by atoms with E-state index in [0.717, 1.165) is 29.5 Å². The van der Waals surface area contributed by atoms with Gasteiger partial charge < -0.3 is 15.9 Å². The second-order valence-electron chi connectivity index (χ2n) is 4.67. The summed E-state index contributed by atoms with van der Waals surface area (Å²) in [4.78, 5) is 4.30. The van der Waals surface area contributed by atoms with Gasteiger partial charge in [0.05, 0.1) is 0 Å². The van der Waals surface area contributed by atoms with E-state index >= 15 is 0 Å². The Morgan fingerprint density at radius 3 is 2.88 bits per heavy atom. The summed E-state index contributed by atoms with van der Waals surface area (Å²) in [6.45, 7) is 1.84. The van der Waals surface area contributed by atoms with Crippen molar-refractivity contribution in [3.63, 3.8) is 0 Å². The van der Waals surface area contributed by atoms with E-state index in [-0.39, 0.29) is 11.6 Å². The topological polar surface area (TPSA) is 78.1 Å². The SMILES string of the molecule is Cc1nc2cc(C(N)C3(N)CC3)ccc2o1. The third-order valence-electron chi connectivity index (χ3n) is 3.32. The Balaban J connectivity index is 2.04. The van der Waals surface area contributed by atoms with Crippen molar-refractivity contribution in [2.75, 3.05) is 0 Å². The lowest BCUT2D eigenvalue weighted by Gasteiger charge is -2.18. The Morgan fingerprint density at radius 1 is 1.44 bits per heavy atom. The van der Waals surface area contributed by atoms with Crippen LogP contribution in [0.1, 0.15) is 30.3 Å². The summed E-state index contributed by atoms with van der Waals surface area (Å²) in [5, 5.41) is 0. The number of rotatable bonds is 2. The molecule has 1 heterocycles. The van der Waals surface area contributed by atoms with Crippen LogP contribution in [0.25, 0.3) is 11.1 Å². The van der Waals surface area contributed by atoms with E-state index in [0.29, 0.717) is 5.89 Å². The minimum atomic E-state index is -0.202. The molecule has 0 amide bonds. The maximum atomic E-state index is 6.15. The number of aryl methyl sites for hydroxylation is 1. The fourth-order valence-corrected chi connectivity index (χ4v) is 2.04. The van der Waals surface area contributed by atoms with Crippen molar-refractivity contribution in [2.24, 2.45) is 11.5 Å². The molecule has 1 aliphatic rings. The summed E-state index contributed by atoms with van der Waals surface area (Å²) < 4.78 is 5.42. The van der Waals surface area contributed by atoms with Gasteiger partial charge in [-0.25, -0.2) is 4.98 Å². The Bertz CT molecular complexity index is 542. The van der Waals surface area contributed by atoms with Crippen molar-refractivity contribution in [3.8, 4) is 0 Å². The normalized spacial score (nSPS) is 19.9. The molecule has 1 fully saturated rings. The molecule has 2 aromatic rings. The maximum Gasteiger partial charge on any atom is 0.192 e. The molecule has 16 heavy (non-hydrogen) atoms. The maximum absolute atomic E-state index is 6.15. The van der Waals surface area contributed by atoms with Gasteiger partial charge in [-0.05, 0) is 30.5 Å². The molecule has 0 radical (unpaired) electrons. The zero-order valence-corrected chi connectivity index (χ0v) is 9.23. The molecule has 0 bridgehead atoms. The van der Waals surface area contributed by atoms with Gasteiger partial charge in [-0.3, -0.25) is 0 Å². The van der Waals surface area contributed by atoms with Crippen LogP contribution < -0.4 is 11.5 Å². The van der Waals surface area contributed by atoms with Crippen molar-refractivity contribution in [1.82, 2.24) is 4.98 Å². The third kappa shape index (κ3) is 1.42. The van der Waals surface area contributed by atoms with E-state index in [9.17, 15) is 0 Å². The van der Waals surface area contributed by atoms with E-state index in [1.54, 1.807) is 0 Å². The molecule has 0 aliphatic heterocycles. The van der Waals surface area contributed by atoms with Crippen molar-refractivity contribution >= 4 is 11.1 Å². The molecule has 1 aliphatic carbocycles. The zero-order chi connectivity index (χ0) is 11.3. The molecular weight excluding hydrogens is 202 g/mol. The molecule has 1 saturated carbocycles. The van der Waals surface area contributed by atoms with Gasteiger partial charge >= 0.3 is 0 Å². The van der Waals surface area contributed by atoms with Gasteiger partial charge in [0.2, 0.25) is 0 Å². The molecule has 4 heteroatoms. The highest BCUT2D eigenvalue weighted by Gasteiger charge is 2.44. The number of nitrogens with two attached hydrogens (primary N) is 2.